The number of nitrogens with zero attached hydrogens (tertiary/aromatic N) is 1. The highest BCUT2D eigenvalue weighted by Crippen LogP contribution is 2.16. The molecule has 1 aromatic heterocycles. The number of hydrazine groups is 1. The molecule has 1 rings (SSSR count). The molecule has 0 aliphatic rings. The minimum absolute atomic E-state index is 0.0605. The van der Waals surface area contributed by atoms with Gasteiger partial charge >= 0.3 is 0 Å². The maximum Gasteiger partial charge on any atom is 0.123 e. The van der Waals surface area contributed by atoms with Crippen LogP contribution in [0.3, 0.4) is 0 Å². The van der Waals surface area contributed by atoms with Crippen LogP contribution in [0.1, 0.15) is 24.5 Å². The maximum absolute atomic E-state index is 5.65. The molecule has 1 atom stereocenters. The zero-order chi connectivity index (χ0) is 10.6. The molecule has 1 unspecified atom stereocenters. The van der Waals surface area contributed by atoms with E-state index in [0.29, 0.717) is 6.54 Å². The molecule has 80 valence electrons. The van der Waals surface area contributed by atoms with Crippen molar-refractivity contribution in [2.75, 3.05) is 20.6 Å². The van der Waals surface area contributed by atoms with Crippen LogP contribution in [0.15, 0.2) is 16.5 Å². The van der Waals surface area contributed by atoms with E-state index in [2.05, 4.69) is 12.3 Å². The molecule has 0 fully saturated rings. The van der Waals surface area contributed by atoms with E-state index in [1.165, 1.54) is 0 Å². The highest BCUT2D eigenvalue weighted by atomic mass is 16.3. The van der Waals surface area contributed by atoms with Gasteiger partial charge in [-0.25, -0.2) is 10.4 Å². The van der Waals surface area contributed by atoms with Gasteiger partial charge in [0.25, 0.3) is 0 Å². The van der Waals surface area contributed by atoms with Gasteiger partial charge in [0, 0.05) is 27.1 Å². The first-order valence-electron chi connectivity index (χ1n) is 4.89. The summed E-state index contributed by atoms with van der Waals surface area (Å²) in [6, 6.07) is 4.03. The standard InChI is InChI=1S/C10H19N3O/c1-4-8-5-6-10(14-8)9(7-11)12-13(2)3/h5-6,9,12H,4,7,11H2,1-3H3. The Labute approximate surface area is 85.0 Å². The van der Waals surface area contributed by atoms with E-state index in [4.69, 9.17) is 10.2 Å². The second-order valence-electron chi connectivity index (χ2n) is 3.47. The monoisotopic (exact) mass is 197 g/mol. The van der Waals surface area contributed by atoms with Gasteiger partial charge in [0.2, 0.25) is 0 Å². The zero-order valence-electron chi connectivity index (χ0n) is 9.08. The summed E-state index contributed by atoms with van der Waals surface area (Å²) in [6.07, 6.45) is 0.916. The van der Waals surface area contributed by atoms with Crippen molar-refractivity contribution >= 4 is 0 Å². The fraction of sp³-hybridized carbons (Fsp3) is 0.600. The molecule has 0 aliphatic heterocycles. The van der Waals surface area contributed by atoms with Gasteiger partial charge in [0.05, 0.1) is 6.04 Å². The smallest absolute Gasteiger partial charge is 0.123 e. The van der Waals surface area contributed by atoms with Gasteiger partial charge in [-0.2, -0.15) is 0 Å². The van der Waals surface area contributed by atoms with Crippen LogP contribution in [0.4, 0.5) is 0 Å². The first-order valence-corrected chi connectivity index (χ1v) is 4.89. The van der Waals surface area contributed by atoms with Gasteiger partial charge in [0.1, 0.15) is 11.5 Å². The minimum Gasteiger partial charge on any atom is -0.464 e. The number of nitrogens with two attached hydrogens (primary N) is 1. The van der Waals surface area contributed by atoms with Crippen LogP contribution >= 0.6 is 0 Å². The quantitative estimate of drug-likeness (QED) is 0.689. The molecule has 0 amide bonds. The molecule has 0 saturated heterocycles. The summed E-state index contributed by atoms with van der Waals surface area (Å²) in [7, 11) is 3.87. The van der Waals surface area contributed by atoms with E-state index in [1.54, 1.807) is 0 Å². The highest BCUT2D eigenvalue weighted by molar-refractivity contribution is 5.10. The number of rotatable bonds is 5. The van der Waals surface area contributed by atoms with Gasteiger partial charge in [-0.1, -0.05) is 6.92 Å². The number of aryl methyl sites for hydroxylation is 1. The second-order valence-corrected chi connectivity index (χ2v) is 3.47. The molecule has 3 N–H and O–H groups in total. The third-order valence-corrected chi connectivity index (χ3v) is 2.02. The van der Waals surface area contributed by atoms with Crippen molar-refractivity contribution in [1.82, 2.24) is 10.4 Å². The van der Waals surface area contributed by atoms with Crippen LogP contribution in [-0.2, 0) is 6.42 Å². The van der Waals surface area contributed by atoms with Crippen LogP contribution in [-0.4, -0.2) is 25.6 Å². The van der Waals surface area contributed by atoms with Gasteiger partial charge in [-0.15, -0.1) is 0 Å². The number of nitrogens with one attached hydrogen (secondary N) is 1. The molecule has 0 aromatic carbocycles. The summed E-state index contributed by atoms with van der Waals surface area (Å²) >= 11 is 0. The lowest BCUT2D eigenvalue weighted by molar-refractivity contribution is 0.225. The van der Waals surface area contributed by atoms with E-state index < -0.39 is 0 Å². The SMILES string of the molecule is CCc1ccc(C(CN)NN(C)C)o1. The zero-order valence-corrected chi connectivity index (χ0v) is 9.08. The maximum atomic E-state index is 5.65. The molecule has 0 aliphatic carbocycles. The minimum atomic E-state index is 0.0605. The molecule has 14 heavy (non-hydrogen) atoms. The molecule has 1 heterocycles. The molecule has 4 nitrogen and oxygen atoms in total. The van der Waals surface area contributed by atoms with Crippen molar-refractivity contribution in [3.8, 4) is 0 Å². The largest absolute Gasteiger partial charge is 0.464 e. The average molecular weight is 197 g/mol. The van der Waals surface area contributed by atoms with Crippen LogP contribution < -0.4 is 11.2 Å². The van der Waals surface area contributed by atoms with Crippen LogP contribution in [0.2, 0.25) is 0 Å². The Morgan fingerprint density at radius 2 is 2.21 bits per heavy atom. The Morgan fingerprint density at radius 1 is 1.50 bits per heavy atom. The highest BCUT2D eigenvalue weighted by Gasteiger charge is 2.13. The lowest BCUT2D eigenvalue weighted by Gasteiger charge is -2.19. The summed E-state index contributed by atoms with van der Waals surface area (Å²) in [5.74, 6) is 1.90. The van der Waals surface area contributed by atoms with E-state index in [0.717, 1.165) is 17.9 Å². The third kappa shape index (κ3) is 2.83. The van der Waals surface area contributed by atoms with Crippen molar-refractivity contribution in [1.29, 1.82) is 0 Å². The number of furan rings is 1. The van der Waals surface area contributed by atoms with Crippen molar-refractivity contribution < 1.29 is 4.42 Å². The van der Waals surface area contributed by atoms with Crippen LogP contribution in [0.5, 0.6) is 0 Å². The fourth-order valence-corrected chi connectivity index (χ4v) is 1.32. The van der Waals surface area contributed by atoms with E-state index in [9.17, 15) is 0 Å². The van der Waals surface area contributed by atoms with E-state index in [-0.39, 0.29) is 6.04 Å². The van der Waals surface area contributed by atoms with Crippen molar-refractivity contribution in [2.45, 2.75) is 19.4 Å². The summed E-state index contributed by atoms with van der Waals surface area (Å²) < 4.78 is 5.62. The lowest BCUT2D eigenvalue weighted by Crippen LogP contribution is -2.37. The molecule has 0 spiro atoms. The van der Waals surface area contributed by atoms with Gasteiger partial charge in [0.15, 0.2) is 0 Å². The van der Waals surface area contributed by atoms with Gasteiger partial charge in [-0.05, 0) is 12.1 Å². The topological polar surface area (TPSA) is 54.4 Å². The van der Waals surface area contributed by atoms with Crippen LogP contribution in [0.25, 0.3) is 0 Å². The van der Waals surface area contributed by atoms with Crippen molar-refractivity contribution in [3.63, 3.8) is 0 Å². The van der Waals surface area contributed by atoms with Crippen LogP contribution in [0, 0.1) is 0 Å². The van der Waals surface area contributed by atoms with Crippen molar-refractivity contribution in [3.05, 3.63) is 23.7 Å². The average Bonchev–Trinajstić information content (AvgIpc) is 2.62. The third-order valence-electron chi connectivity index (χ3n) is 2.02. The Morgan fingerprint density at radius 3 is 2.64 bits per heavy atom. The lowest BCUT2D eigenvalue weighted by atomic mass is 10.2. The molecule has 4 heteroatoms. The number of hydrogen-bond acceptors (Lipinski definition) is 4. The van der Waals surface area contributed by atoms with Crippen molar-refractivity contribution in [2.24, 2.45) is 5.73 Å². The van der Waals surface area contributed by atoms with E-state index in [1.807, 2.05) is 31.2 Å². The predicted octanol–water partition coefficient (Wildman–Crippen LogP) is 0.908. The molecule has 0 bridgehead atoms. The Kier molecular flexibility index (Phi) is 4.13. The first kappa shape index (κ1) is 11.2. The fourth-order valence-electron chi connectivity index (χ4n) is 1.32. The number of hydrogen-bond donors (Lipinski definition) is 2. The Balaban J connectivity index is 2.68. The second kappa shape index (κ2) is 5.14. The molecular weight excluding hydrogens is 178 g/mol. The Bertz CT molecular complexity index is 270. The summed E-state index contributed by atoms with van der Waals surface area (Å²) in [6.45, 7) is 2.59. The summed E-state index contributed by atoms with van der Waals surface area (Å²) in [5, 5.41) is 1.88. The van der Waals surface area contributed by atoms with E-state index >= 15 is 0 Å². The molecule has 0 saturated carbocycles. The normalized spacial score (nSPS) is 13.5. The summed E-state index contributed by atoms with van der Waals surface area (Å²) in [5.41, 5.74) is 8.85. The molecular formula is C10H19N3O. The molecule has 0 radical (unpaired) electrons. The first-order chi connectivity index (χ1) is 6.67. The van der Waals surface area contributed by atoms with Gasteiger partial charge in [-0.3, -0.25) is 0 Å². The Hall–Kier alpha value is -0.840. The van der Waals surface area contributed by atoms with Gasteiger partial charge < -0.3 is 10.2 Å². The summed E-state index contributed by atoms with van der Waals surface area (Å²) in [4.78, 5) is 0. The predicted molar refractivity (Wildman–Crippen MR) is 56.7 cm³/mol. The molecule has 1 aromatic rings.